The highest BCUT2D eigenvalue weighted by atomic mass is 35.5. The topological polar surface area (TPSA) is 65.7 Å². The molecule has 1 aromatic heterocycles. The highest BCUT2D eigenvalue weighted by molar-refractivity contribution is 6.32. The molecule has 1 atom stereocenters. The molecule has 4 aromatic rings. The van der Waals surface area contributed by atoms with Crippen LogP contribution >= 0.6 is 11.6 Å². The molecule has 0 N–H and O–H groups in total. The van der Waals surface area contributed by atoms with Gasteiger partial charge in [0.2, 0.25) is 0 Å². The van der Waals surface area contributed by atoms with E-state index in [1.165, 1.54) is 4.68 Å². The maximum absolute atomic E-state index is 13.3. The minimum atomic E-state index is -0.256. The van der Waals surface area contributed by atoms with Crippen LogP contribution in [0.1, 0.15) is 32.8 Å². The second-order valence-corrected chi connectivity index (χ2v) is 8.19. The average Bonchev–Trinajstić information content (AvgIpc) is 2.86. The van der Waals surface area contributed by atoms with Gasteiger partial charge in [-0.25, -0.2) is 4.98 Å². The third-order valence-corrected chi connectivity index (χ3v) is 5.61. The number of benzene rings is 3. The van der Waals surface area contributed by atoms with Crippen molar-refractivity contribution in [2.75, 3.05) is 6.61 Å². The smallest absolute Gasteiger partial charge is 0.282 e. The van der Waals surface area contributed by atoms with Crippen molar-refractivity contribution in [1.82, 2.24) is 9.66 Å². The maximum Gasteiger partial charge on any atom is 0.282 e. The number of hydrogen-bond donors (Lipinski definition) is 0. The summed E-state index contributed by atoms with van der Waals surface area (Å²) in [4.78, 5) is 18.0. The average molecular weight is 476 g/mol. The van der Waals surface area contributed by atoms with E-state index in [-0.39, 0.29) is 11.7 Å². The minimum Gasteiger partial charge on any atom is -0.490 e. The Kier molecular flexibility index (Phi) is 7.28. The molecule has 0 aliphatic rings. The predicted molar refractivity (Wildman–Crippen MR) is 137 cm³/mol. The highest BCUT2D eigenvalue weighted by Gasteiger charge is 2.16. The molecule has 1 heterocycles. The van der Waals surface area contributed by atoms with Gasteiger partial charge in [0, 0.05) is 5.56 Å². The molecule has 3 aromatic carbocycles. The quantitative estimate of drug-likeness (QED) is 0.285. The van der Waals surface area contributed by atoms with Crippen LogP contribution in [0.25, 0.3) is 22.3 Å². The lowest BCUT2D eigenvalue weighted by Crippen LogP contribution is -2.20. The van der Waals surface area contributed by atoms with Crippen LogP contribution in [0.15, 0.2) is 76.6 Å². The Balaban J connectivity index is 1.82. The van der Waals surface area contributed by atoms with E-state index >= 15 is 0 Å². The van der Waals surface area contributed by atoms with Gasteiger partial charge < -0.3 is 9.47 Å². The maximum atomic E-state index is 13.3. The van der Waals surface area contributed by atoms with Gasteiger partial charge in [0.1, 0.15) is 0 Å². The van der Waals surface area contributed by atoms with Crippen molar-refractivity contribution in [3.8, 4) is 22.9 Å². The van der Waals surface area contributed by atoms with Gasteiger partial charge in [-0.05, 0) is 50.1 Å². The molecular formula is C27H26ClN3O3. The molecule has 6 nitrogen and oxygen atoms in total. The fourth-order valence-corrected chi connectivity index (χ4v) is 3.72. The Morgan fingerprint density at radius 3 is 2.56 bits per heavy atom. The van der Waals surface area contributed by atoms with E-state index in [0.717, 1.165) is 12.0 Å². The van der Waals surface area contributed by atoms with Crippen molar-refractivity contribution in [2.24, 2.45) is 5.10 Å². The zero-order valence-electron chi connectivity index (χ0n) is 19.4. The van der Waals surface area contributed by atoms with Gasteiger partial charge in [-0.1, -0.05) is 61.0 Å². The minimum absolute atomic E-state index is 0.00750. The van der Waals surface area contributed by atoms with Gasteiger partial charge in [-0.3, -0.25) is 4.79 Å². The standard InChI is InChI=1S/C27H26ClN3O3/c1-4-18(3)34-25-22(28)15-19(16-24(25)33-5-2)17-29-31-26(20-11-7-6-8-12-20)30-23-14-10-9-13-21(23)27(31)32/h6-18H,4-5H2,1-3H3/t18-/m1/s1. The molecular weight excluding hydrogens is 450 g/mol. The van der Waals surface area contributed by atoms with Crippen molar-refractivity contribution in [3.63, 3.8) is 0 Å². The summed E-state index contributed by atoms with van der Waals surface area (Å²) in [6.45, 7) is 6.37. The molecule has 0 amide bonds. The number of para-hydroxylation sites is 1. The number of hydrogen-bond acceptors (Lipinski definition) is 5. The molecule has 0 spiro atoms. The van der Waals surface area contributed by atoms with Gasteiger partial charge in [0.15, 0.2) is 17.3 Å². The Morgan fingerprint density at radius 1 is 1.09 bits per heavy atom. The number of nitrogens with zero attached hydrogens (tertiary/aromatic N) is 3. The molecule has 174 valence electrons. The van der Waals surface area contributed by atoms with Crippen LogP contribution < -0.4 is 15.0 Å². The lowest BCUT2D eigenvalue weighted by molar-refractivity contribution is 0.203. The third kappa shape index (κ3) is 4.97. The Bertz CT molecular complexity index is 1380. The molecule has 0 radical (unpaired) electrons. The zero-order chi connectivity index (χ0) is 24.1. The van der Waals surface area contributed by atoms with E-state index < -0.39 is 0 Å². The van der Waals surface area contributed by atoms with Gasteiger partial charge in [0.05, 0.1) is 34.9 Å². The SMILES string of the molecule is CCOc1cc(C=Nn2c(-c3ccccc3)nc3ccccc3c2=O)cc(Cl)c1O[C@H](C)CC. The van der Waals surface area contributed by atoms with E-state index in [1.54, 1.807) is 24.4 Å². The fraction of sp³-hybridized carbons (Fsp3) is 0.222. The van der Waals surface area contributed by atoms with Crippen LogP contribution in [0.5, 0.6) is 11.5 Å². The number of ether oxygens (including phenoxy) is 2. The fourth-order valence-electron chi connectivity index (χ4n) is 3.45. The summed E-state index contributed by atoms with van der Waals surface area (Å²) in [7, 11) is 0. The summed E-state index contributed by atoms with van der Waals surface area (Å²) in [5.41, 5.74) is 1.82. The van der Waals surface area contributed by atoms with Gasteiger partial charge >= 0.3 is 0 Å². The molecule has 0 saturated carbocycles. The van der Waals surface area contributed by atoms with E-state index in [9.17, 15) is 4.79 Å². The Morgan fingerprint density at radius 2 is 1.82 bits per heavy atom. The Hall–Kier alpha value is -3.64. The van der Waals surface area contributed by atoms with E-state index in [4.69, 9.17) is 26.1 Å². The van der Waals surface area contributed by atoms with Gasteiger partial charge in [-0.2, -0.15) is 9.78 Å². The summed E-state index contributed by atoms with van der Waals surface area (Å²) in [6.07, 6.45) is 2.41. The number of aromatic nitrogens is 2. The number of rotatable bonds is 8. The van der Waals surface area contributed by atoms with Crippen LogP contribution in [-0.4, -0.2) is 28.6 Å². The monoisotopic (exact) mass is 475 g/mol. The highest BCUT2D eigenvalue weighted by Crippen LogP contribution is 2.37. The second kappa shape index (κ2) is 10.5. The first-order chi connectivity index (χ1) is 16.5. The molecule has 0 fully saturated rings. The summed E-state index contributed by atoms with van der Waals surface area (Å²) in [6, 6.07) is 20.3. The Labute approximate surface area is 203 Å². The third-order valence-electron chi connectivity index (χ3n) is 5.33. The zero-order valence-corrected chi connectivity index (χ0v) is 20.1. The van der Waals surface area contributed by atoms with E-state index in [2.05, 4.69) is 5.10 Å². The molecule has 0 aliphatic heterocycles. The second-order valence-electron chi connectivity index (χ2n) is 7.78. The largest absolute Gasteiger partial charge is 0.490 e. The summed E-state index contributed by atoms with van der Waals surface area (Å²) >= 11 is 6.54. The number of fused-ring (bicyclic) bond motifs is 1. The van der Waals surface area contributed by atoms with Crippen molar-refractivity contribution < 1.29 is 9.47 Å². The van der Waals surface area contributed by atoms with Crippen molar-refractivity contribution in [2.45, 2.75) is 33.3 Å². The first-order valence-electron chi connectivity index (χ1n) is 11.3. The summed E-state index contributed by atoms with van der Waals surface area (Å²) in [5.74, 6) is 1.49. The van der Waals surface area contributed by atoms with Crippen LogP contribution in [0, 0.1) is 0 Å². The summed E-state index contributed by atoms with van der Waals surface area (Å²) in [5, 5.41) is 5.42. The molecule has 0 saturated heterocycles. The van der Waals surface area contributed by atoms with Gasteiger partial charge in [0.25, 0.3) is 5.56 Å². The molecule has 7 heteroatoms. The van der Waals surface area contributed by atoms with Crippen molar-refractivity contribution >= 4 is 28.7 Å². The first-order valence-corrected chi connectivity index (χ1v) is 11.6. The summed E-state index contributed by atoms with van der Waals surface area (Å²) < 4.78 is 13.1. The first kappa shape index (κ1) is 23.5. The number of halogens is 1. The normalized spacial score (nSPS) is 12.2. The molecule has 4 rings (SSSR count). The van der Waals surface area contributed by atoms with Crippen LogP contribution in [0.3, 0.4) is 0 Å². The molecule has 0 unspecified atom stereocenters. The van der Waals surface area contributed by atoms with Crippen LogP contribution in [0.2, 0.25) is 5.02 Å². The van der Waals surface area contributed by atoms with Crippen molar-refractivity contribution in [1.29, 1.82) is 0 Å². The lowest BCUT2D eigenvalue weighted by Gasteiger charge is -2.18. The lowest BCUT2D eigenvalue weighted by atomic mass is 10.2. The molecule has 0 bridgehead atoms. The van der Waals surface area contributed by atoms with E-state index in [0.29, 0.717) is 45.4 Å². The van der Waals surface area contributed by atoms with Crippen molar-refractivity contribution in [3.05, 3.63) is 87.7 Å². The van der Waals surface area contributed by atoms with Crippen LogP contribution in [0.4, 0.5) is 0 Å². The molecule has 34 heavy (non-hydrogen) atoms. The molecule has 0 aliphatic carbocycles. The van der Waals surface area contributed by atoms with Gasteiger partial charge in [-0.15, -0.1) is 0 Å². The van der Waals surface area contributed by atoms with E-state index in [1.807, 2.05) is 69.3 Å². The predicted octanol–water partition coefficient (Wildman–Crippen LogP) is 6.18. The van der Waals surface area contributed by atoms with Crippen LogP contribution in [-0.2, 0) is 0 Å².